The van der Waals surface area contributed by atoms with E-state index in [9.17, 15) is 0 Å². The van der Waals surface area contributed by atoms with Gasteiger partial charge in [-0.2, -0.15) is 0 Å². The molecule has 0 N–H and O–H groups in total. The zero-order valence-corrected chi connectivity index (χ0v) is 14.6. The molecule has 2 aromatic rings. The minimum atomic E-state index is 0.567. The first-order valence-electron chi connectivity index (χ1n) is 8.36. The van der Waals surface area contributed by atoms with Crippen molar-refractivity contribution in [3.63, 3.8) is 0 Å². The van der Waals surface area contributed by atoms with Gasteiger partial charge in [-0.3, -0.25) is 9.80 Å². The summed E-state index contributed by atoms with van der Waals surface area (Å²) in [6.45, 7) is 9.09. The maximum Gasteiger partial charge on any atom is 0.147 e. The number of imidazole rings is 1. The smallest absolute Gasteiger partial charge is 0.147 e. The molecule has 0 unspecified atom stereocenters. The predicted octanol–water partition coefficient (Wildman–Crippen LogP) is 1.05. The maximum absolute atomic E-state index is 4.43. The van der Waals surface area contributed by atoms with E-state index in [1.807, 2.05) is 19.3 Å². The Morgan fingerprint density at radius 3 is 2.83 bits per heavy atom. The van der Waals surface area contributed by atoms with E-state index in [0.717, 1.165) is 50.2 Å². The highest BCUT2D eigenvalue weighted by molar-refractivity contribution is 4.96. The maximum atomic E-state index is 4.43. The van der Waals surface area contributed by atoms with E-state index >= 15 is 0 Å². The molecule has 0 spiro atoms. The molecule has 7 heteroatoms. The molecule has 3 heterocycles. The van der Waals surface area contributed by atoms with Crippen LogP contribution in [-0.2, 0) is 26.7 Å². The number of nitrogens with zero attached hydrogens (tertiary/aromatic N) is 7. The minimum Gasteiger partial charge on any atom is -0.337 e. The molecule has 0 amide bonds. The highest BCUT2D eigenvalue weighted by atomic mass is 15.3. The fourth-order valence-corrected chi connectivity index (χ4v) is 3.37. The van der Waals surface area contributed by atoms with Gasteiger partial charge in [-0.25, -0.2) is 4.98 Å². The van der Waals surface area contributed by atoms with Gasteiger partial charge in [0.1, 0.15) is 17.5 Å². The standard InChI is InChI=1S/C16H27N7/c1-5-23-13(2)18-19-16(23)11-21(4)14-6-8-22(10-14)12-15-17-7-9-20(15)3/h7,9,14H,5-6,8,10-12H2,1-4H3/t14-/m1/s1. The van der Waals surface area contributed by atoms with Gasteiger partial charge in [0.25, 0.3) is 0 Å². The van der Waals surface area contributed by atoms with Crippen LogP contribution < -0.4 is 0 Å². The van der Waals surface area contributed by atoms with Crippen molar-refractivity contribution in [2.75, 3.05) is 20.1 Å². The summed E-state index contributed by atoms with van der Waals surface area (Å²) in [6, 6.07) is 0.567. The first-order valence-corrected chi connectivity index (χ1v) is 8.36. The van der Waals surface area contributed by atoms with Gasteiger partial charge < -0.3 is 9.13 Å². The predicted molar refractivity (Wildman–Crippen MR) is 88.8 cm³/mol. The summed E-state index contributed by atoms with van der Waals surface area (Å²) >= 11 is 0. The molecular formula is C16H27N7. The number of rotatable bonds is 6. The summed E-state index contributed by atoms with van der Waals surface area (Å²) in [5, 5.41) is 8.54. The summed E-state index contributed by atoms with van der Waals surface area (Å²) in [6.07, 6.45) is 5.07. The number of aryl methyl sites for hydroxylation is 2. The van der Waals surface area contributed by atoms with Crippen LogP contribution in [0.5, 0.6) is 0 Å². The largest absolute Gasteiger partial charge is 0.337 e. The van der Waals surface area contributed by atoms with Crippen molar-refractivity contribution in [3.8, 4) is 0 Å². The molecule has 126 valence electrons. The fourth-order valence-electron chi connectivity index (χ4n) is 3.37. The molecule has 1 fully saturated rings. The first kappa shape index (κ1) is 16.1. The zero-order chi connectivity index (χ0) is 16.4. The summed E-state index contributed by atoms with van der Waals surface area (Å²) in [5.74, 6) is 3.20. The molecule has 0 saturated carbocycles. The third-order valence-electron chi connectivity index (χ3n) is 4.88. The van der Waals surface area contributed by atoms with Crippen LogP contribution in [-0.4, -0.2) is 60.3 Å². The third-order valence-corrected chi connectivity index (χ3v) is 4.88. The number of aromatic nitrogens is 5. The van der Waals surface area contributed by atoms with Crippen LogP contribution in [0.3, 0.4) is 0 Å². The monoisotopic (exact) mass is 317 g/mol. The van der Waals surface area contributed by atoms with Crippen LogP contribution in [0.2, 0.25) is 0 Å². The van der Waals surface area contributed by atoms with Gasteiger partial charge in [-0.05, 0) is 27.3 Å². The van der Waals surface area contributed by atoms with E-state index < -0.39 is 0 Å². The summed E-state index contributed by atoms with van der Waals surface area (Å²) in [7, 11) is 4.25. The topological polar surface area (TPSA) is 55.0 Å². The van der Waals surface area contributed by atoms with Crippen LogP contribution in [0.25, 0.3) is 0 Å². The average Bonchev–Trinajstić information content (AvgIpc) is 3.22. The lowest BCUT2D eigenvalue weighted by Gasteiger charge is -2.24. The van der Waals surface area contributed by atoms with Crippen molar-refractivity contribution in [1.29, 1.82) is 0 Å². The Hall–Kier alpha value is -1.73. The second kappa shape index (κ2) is 6.80. The Balaban J connectivity index is 1.57. The van der Waals surface area contributed by atoms with Crippen molar-refractivity contribution in [2.45, 2.75) is 45.9 Å². The Morgan fingerprint density at radius 2 is 2.13 bits per heavy atom. The van der Waals surface area contributed by atoms with Crippen LogP contribution in [0.4, 0.5) is 0 Å². The molecule has 1 atom stereocenters. The highest BCUT2D eigenvalue weighted by Gasteiger charge is 2.27. The second-order valence-electron chi connectivity index (χ2n) is 6.45. The van der Waals surface area contributed by atoms with Crippen molar-refractivity contribution in [2.24, 2.45) is 7.05 Å². The van der Waals surface area contributed by atoms with E-state index in [-0.39, 0.29) is 0 Å². The van der Waals surface area contributed by atoms with E-state index in [1.165, 1.54) is 6.42 Å². The lowest BCUT2D eigenvalue weighted by atomic mass is 10.2. The molecule has 1 aliphatic rings. The zero-order valence-electron chi connectivity index (χ0n) is 14.6. The highest BCUT2D eigenvalue weighted by Crippen LogP contribution is 2.18. The number of likely N-dealkylation sites (N-methyl/N-ethyl adjacent to an activating group) is 1. The van der Waals surface area contributed by atoms with Gasteiger partial charge in [0.15, 0.2) is 0 Å². The Kier molecular flexibility index (Phi) is 4.77. The van der Waals surface area contributed by atoms with Gasteiger partial charge in [-0.15, -0.1) is 10.2 Å². The molecule has 1 aliphatic heterocycles. The van der Waals surface area contributed by atoms with Crippen LogP contribution in [0, 0.1) is 6.92 Å². The van der Waals surface area contributed by atoms with Crippen LogP contribution in [0.1, 0.15) is 30.8 Å². The molecule has 23 heavy (non-hydrogen) atoms. The van der Waals surface area contributed by atoms with Crippen molar-refractivity contribution in [1.82, 2.24) is 34.1 Å². The van der Waals surface area contributed by atoms with Crippen molar-refractivity contribution < 1.29 is 0 Å². The van der Waals surface area contributed by atoms with Gasteiger partial charge in [0, 0.05) is 45.1 Å². The van der Waals surface area contributed by atoms with Crippen molar-refractivity contribution >= 4 is 0 Å². The van der Waals surface area contributed by atoms with Gasteiger partial charge in [0.2, 0.25) is 0 Å². The molecule has 0 aromatic carbocycles. The van der Waals surface area contributed by atoms with Crippen LogP contribution in [0.15, 0.2) is 12.4 Å². The molecule has 1 saturated heterocycles. The van der Waals surface area contributed by atoms with Gasteiger partial charge >= 0.3 is 0 Å². The number of likely N-dealkylation sites (tertiary alicyclic amines) is 1. The SMILES string of the molecule is CCn1c(C)nnc1CN(C)[C@@H]1CCN(Cc2nccn2C)C1. The lowest BCUT2D eigenvalue weighted by molar-refractivity contribution is 0.214. The van der Waals surface area contributed by atoms with E-state index in [0.29, 0.717) is 6.04 Å². The normalized spacial score (nSPS) is 19.1. The molecule has 7 nitrogen and oxygen atoms in total. The summed E-state index contributed by atoms with van der Waals surface area (Å²) in [5.41, 5.74) is 0. The Bertz CT molecular complexity index is 645. The third kappa shape index (κ3) is 3.45. The van der Waals surface area contributed by atoms with E-state index in [2.05, 4.69) is 55.1 Å². The molecular weight excluding hydrogens is 290 g/mol. The number of hydrogen-bond donors (Lipinski definition) is 0. The summed E-state index contributed by atoms with van der Waals surface area (Å²) in [4.78, 5) is 9.32. The first-order chi connectivity index (χ1) is 11.1. The minimum absolute atomic E-state index is 0.567. The van der Waals surface area contributed by atoms with Gasteiger partial charge in [-0.1, -0.05) is 0 Å². The van der Waals surface area contributed by atoms with Crippen LogP contribution >= 0.6 is 0 Å². The lowest BCUT2D eigenvalue weighted by Crippen LogP contribution is -2.35. The summed E-state index contributed by atoms with van der Waals surface area (Å²) < 4.78 is 4.29. The Morgan fingerprint density at radius 1 is 1.30 bits per heavy atom. The average molecular weight is 317 g/mol. The Labute approximate surface area is 137 Å². The fraction of sp³-hybridized carbons (Fsp3) is 0.688. The van der Waals surface area contributed by atoms with E-state index in [1.54, 1.807) is 0 Å². The quantitative estimate of drug-likeness (QED) is 0.797. The molecule has 2 aromatic heterocycles. The van der Waals surface area contributed by atoms with Crippen molar-refractivity contribution in [3.05, 3.63) is 29.9 Å². The number of hydrogen-bond acceptors (Lipinski definition) is 5. The molecule has 3 rings (SSSR count). The van der Waals surface area contributed by atoms with Gasteiger partial charge in [0.05, 0.1) is 13.1 Å². The molecule has 0 aliphatic carbocycles. The molecule has 0 bridgehead atoms. The second-order valence-corrected chi connectivity index (χ2v) is 6.45. The molecule has 0 radical (unpaired) electrons. The van der Waals surface area contributed by atoms with E-state index in [4.69, 9.17) is 0 Å².